The van der Waals surface area contributed by atoms with Crippen molar-refractivity contribution in [3.63, 3.8) is 0 Å². The molecule has 2 aliphatic carbocycles. The lowest BCUT2D eigenvalue weighted by Crippen LogP contribution is -2.39. The summed E-state index contributed by atoms with van der Waals surface area (Å²) in [5.74, 6) is 0.335. The van der Waals surface area contributed by atoms with Crippen LogP contribution in [0.2, 0.25) is 0 Å². The zero-order valence-electron chi connectivity index (χ0n) is 18.9. The van der Waals surface area contributed by atoms with Crippen molar-refractivity contribution in [3.8, 4) is 5.75 Å². The number of aliphatic hydroxyl groups is 1. The Bertz CT molecular complexity index is 1190. The minimum absolute atomic E-state index is 0.00718. The van der Waals surface area contributed by atoms with E-state index >= 15 is 0 Å². The number of rotatable bonds is 6. The molecule has 0 spiro atoms. The summed E-state index contributed by atoms with van der Waals surface area (Å²) in [7, 11) is 1.53. The average molecular weight is 452 g/mol. The number of pyridine rings is 1. The molecule has 0 saturated heterocycles. The van der Waals surface area contributed by atoms with Crippen molar-refractivity contribution in [2.75, 3.05) is 17.7 Å². The van der Waals surface area contributed by atoms with E-state index in [4.69, 9.17) is 9.84 Å². The number of nitrogens with zero attached hydrogens (tertiary/aromatic N) is 3. The van der Waals surface area contributed by atoms with Gasteiger partial charge in [0.25, 0.3) is 11.7 Å². The van der Waals surface area contributed by atoms with Crippen LogP contribution in [0.1, 0.15) is 62.0 Å². The highest BCUT2D eigenvalue weighted by molar-refractivity contribution is 6.04. The monoisotopic (exact) mass is 451 g/mol. The number of amides is 1. The highest BCUT2D eigenvalue weighted by Crippen LogP contribution is 2.36. The summed E-state index contributed by atoms with van der Waals surface area (Å²) in [6.07, 6.45) is 7.21. The molecule has 9 heteroatoms. The van der Waals surface area contributed by atoms with Crippen LogP contribution in [-0.4, -0.2) is 39.5 Å². The number of carbonyl (C=O) groups is 1. The number of fused-ring (bicyclic) bond motifs is 1. The van der Waals surface area contributed by atoms with Crippen molar-refractivity contribution in [3.05, 3.63) is 47.4 Å². The van der Waals surface area contributed by atoms with Crippen molar-refractivity contribution in [1.29, 1.82) is 0 Å². The fourth-order valence-electron chi connectivity index (χ4n) is 4.41. The molecule has 33 heavy (non-hydrogen) atoms. The largest absolute Gasteiger partial charge is 0.710 e. The lowest BCUT2D eigenvalue weighted by atomic mass is 9.84. The minimum Gasteiger partial charge on any atom is -0.710 e. The molecule has 0 atom stereocenters. The van der Waals surface area contributed by atoms with Crippen LogP contribution < -0.4 is 20.1 Å². The Labute approximate surface area is 191 Å². The summed E-state index contributed by atoms with van der Waals surface area (Å²) >= 11 is 0. The van der Waals surface area contributed by atoms with E-state index in [1.54, 1.807) is 18.2 Å². The number of anilines is 2. The lowest BCUT2D eigenvalue weighted by molar-refractivity contribution is -0.592. The first-order valence-electron chi connectivity index (χ1n) is 11.4. The fraction of sp³-hybridized carbons (Fsp3) is 0.458. The Hall–Kier alpha value is -3.33. The number of nitrogens with one attached hydrogen (secondary N) is 2. The summed E-state index contributed by atoms with van der Waals surface area (Å²) in [4.78, 5) is 12.9. The fourth-order valence-corrected chi connectivity index (χ4v) is 4.41. The van der Waals surface area contributed by atoms with Crippen LogP contribution in [-0.2, 0) is 0 Å². The van der Waals surface area contributed by atoms with E-state index in [1.807, 2.05) is 23.9 Å². The molecule has 2 aliphatic rings. The molecule has 9 nitrogen and oxygen atoms in total. The number of ether oxygens (including phenoxy) is 1. The maximum absolute atomic E-state index is 12.9. The molecule has 1 aromatic carbocycles. The predicted molar refractivity (Wildman–Crippen MR) is 124 cm³/mol. The molecule has 2 fully saturated rings. The normalized spacial score (nSPS) is 22.8. The molecule has 3 N–H and O–H groups in total. The van der Waals surface area contributed by atoms with Gasteiger partial charge < -0.3 is 20.4 Å². The first-order chi connectivity index (χ1) is 15.8. The number of methoxy groups -OCH3 is 1. The van der Waals surface area contributed by atoms with Gasteiger partial charge in [0, 0.05) is 23.7 Å². The molecule has 5 rings (SSSR count). The van der Waals surface area contributed by atoms with Crippen molar-refractivity contribution in [1.82, 2.24) is 9.78 Å². The molecule has 3 aromatic rings. The van der Waals surface area contributed by atoms with Crippen LogP contribution >= 0.6 is 0 Å². The zero-order chi connectivity index (χ0) is 23.2. The Kier molecular flexibility index (Phi) is 5.36. The van der Waals surface area contributed by atoms with Gasteiger partial charge in [0.1, 0.15) is 5.75 Å². The van der Waals surface area contributed by atoms with E-state index in [0.717, 1.165) is 49.4 Å². The molecule has 0 radical (unpaired) electrons. The Morgan fingerprint density at radius 2 is 2.03 bits per heavy atom. The molecule has 0 aliphatic heterocycles. The number of aromatic nitrogens is 3. The van der Waals surface area contributed by atoms with E-state index in [9.17, 15) is 15.1 Å². The third-order valence-electron chi connectivity index (χ3n) is 6.61. The highest BCUT2D eigenvalue weighted by atomic mass is 16.5. The van der Waals surface area contributed by atoms with Gasteiger partial charge in [-0.15, -0.1) is 0 Å². The minimum atomic E-state index is -0.604. The molecule has 174 valence electrons. The van der Waals surface area contributed by atoms with Crippen molar-refractivity contribution in [2.24, 2.45) is 0 Å². The topological polar surface area (TPSA) is 115 Å². The third-order valence-corrected chi connectivity index (χ3v) is 6.61. The molecule has 1 amide bonds. The number of hydrogen-bond donors (Lipinski definition) is 3. The second-order valence-electron chi connectivity index (χ2n) is 9.41. The molecule has 2 saturated carbocycles. The SMILES string of the molecule is COc1cc2nn(C3CCC(C)(O)CC3)cc2cc1NC(=O)c1cccc(NC2CC2)[n+]1[O-]. The van der Waals surface area contributed by atoms with Crippen molar-refractivity contribution in [2.45, 2.75) is 63.1 Å². The lowest BCUT2D eigenvalue weighted by Gasteiger charge is -2.33. The average Bonchev–Trinajstić information content (AvgIpc) is 3.51. The van der Waals surface area contributed by atoms with E-state index in [0.29, 0.717) is 28.0 Å². The van der Waals surface area contributed by atoms with Gasteiger partial charge in [-0.3, -0.25) is 14.8 Å². The molecular formula is C24H29N5O4. The Balaban J connectivity index is 1.39. The second-order valence-corrected chi connectivity index (χ2v) is 9.41. The summed E-state index contributed by atoms with van der Waals surface area (Å²) in [5.41, 5.74) is 0.638. The summed E-state index contributed by atoms with van der Waals surface area (Å²) in [5, 5.41) is 34.5. The maximum atomic E-state index is 12.9. The van der Waals surface area contributed by atoms with Gasteiger partial charge in [-0.1, -0.05) is 0 Å². The quantitative estimate of drug-likeness (QED) is 0.391. The summed E-state index contributed by atoms with van der Waals surface area (Å²) in [6.45, 7) is 1.88. The van der Waals surface area contributed by atoms with Gasteiger partial charge in [-0.25, -0.2) is 4.73 Å². The number of hydrogen-bond acceptors (Lipinski definition) is 6. The van der Waals surface area contributed by atoms with Gasteiger partial charge in [0.2, 0.25) is 0 Å². The molecule has 0 bridgehead atoms. The van der Waals surface area contributed by atoms with Crippen molar-refractivity contribution >= 4 is 28.3 Å². The van der Waals surface area contributed by atoms with Gasteiger partial charge >= 0.3 is 0 Å². The highest BCUT2D eigenvalue weighted by Gasteiger charge is 2.30. The van der Waals surface area contributed by atoms with Crippen molar-refractivity contribution < 1.29 is 19.4 Å². The van der Waals surface area contributed by atoms with Crippen LogP contribution in [0.4, 0.5) is 11.5 Å². The summed E-state index contributed by atoms with van der Waals surface area (Å²) < 4.78 is 8.07. The Morgan fingerprint density at radius 3 is 2.73 bits per heavy atom. The van der Waals surface area contributed by atoms with Gasteiger partial charge in [-0.2, -0.15) is 5.10 Å². The van der Waals surface area contributed by atoms with Crippen LogP contribution in [0.3, 0.4) is 0 Å². The van der Waals surface area contributed by atoms with Gasteiger partial charge in [-0.05, 0) is 63.6 Å². The maximum Gasteiger partial charge on any atom is 0.296 e. The first kappa shape index (κ1) is 21.5. The smallest absolute Gasteiger partial charge is 0.296 e. The number of carbonyl (C=O) groups excluding carboxylic acids is 1. The molecular weight excluding hydrogens is 422 g/mol. The van der Waals surface area contributed by atoms with E-state index < -0.39 is 11.5 Å². The first-order valence-corrected chi connectivity index (χ1v) is 11.4. The Morgan fingerprint density at radius 1 is 1.27 bits per heavy atom. The standard InChI is InChI=1S/C24H29N5O4/c1-24(31)10-8-17(9-11-24)28-14-15-12-19(21(33-2)13-18(15)27-28)26-23(30)20-4-3-5-22(29(20)32)25-16-6-7-16/h3-5,12-14,16-17,25,31H,6-11H2,1-2H3,(H,26,30). The summed E-state index contributed by atoms with van der Waals surface area (Å²) in [6, 6.07) is 9.00. The molecule has 2 heterocycles. The van der Waals surface area contributed by atoms with Gasteiger partial charge in [0.15, 0.2) is 5.69 Å². The van der Waals surface area contributed by atoms with Crippen LogP contribution in [0, 0.1) is 5.21 Å². The van der Waals surface area contributed by atoms with E-state index in [-0.39, 0.29) is 11.7 Å². The molecule has 0 unspecified atom stereocenters. The molecule has 2 aromatic heterocycles. The second kappa shape index (κ2) is 8.22. The number of benzene rings is 1. The zero-order valence-corrected chi connectivity index (χ0v) is 18.9. The van der Waals surface area contributed by atoms with E-state index in [1.165, 1.54) is 13.2 Å². The third kappa shape index (κ3) is 4.45. The predicted octanol–water partition coefficient (Wildman–Crippen LogP) is 3.37. The van der Waals surface area contributed by atoms with Gasteiger partial charge in [0.05, 0.1) is 36.0 Å². The van der Waals surface area contributed by atoms with Crippen LogP contribution in [0.25, 0.3) is 10.9 Å². The van der Waals surface area contributed by atoms with E-state index in [2.05, 4.69) is 10.6 Å². The van der Waals surface area contributed by atoms with Crippen LogP contribution in [0.5, 0.6) is 5.75 Å². The van der Waals surface area contributed by atoms with Crippen LogP contribution in [0.15, 0.2) is 36.5 Å².